The van der Waals surface area contributed by atoms with E-state index in [1.54, 1.807) is 0 Å². The highest BCUT2D eigenvalue weighted by Gasteiger charge is 2.42. The Balaban J connectivity index is 1.41. The van der Waals surface area contributed by atoms with Gasteiger partial charge in [-0.1, -0.05) is 11.6 Å². The van der Waals surface area contributed by atoms with Gasteiger partial charge in [-0.2, -0.15) is 13.2 Å². The monoisotopic (exact) mass is 388 g/mol. The van der Waals surface area contributed by atoms with Gasteiger partial charge in [-0.15, -0.1) is 0 Å². The summed E-state index contributed by atoms with van der Waals surface area (Å²) in [5.74, 6) is 0.0964. The summed E-state index contributed by atoms with van der Waals surface area (Å²) < 4.78 is 44.6. The van der Waals surface area contributed by atoms with Crippen molar-refractivity contribution in [2.75, 3.05) is 19.7 Å². The number of halogens is 4. The van der Waals surface area contributed by atoms with Gasteiger partial charge >= 0.3 is 6.18 Å². The number of nitrogens with zero attached hydrogens (tertiary/aromatic N) is 1. The summed E-state index contributed by atoms with van der Waals surface area (Å²) >= 11 is 5.95. The average Bonchev–Trinajstić information content (AvgIpc) is 3.34. The van der Waals surface area contributed by atoms with Crippen LogP contribution in [0.3, 0.4) is 0 Å². The van der Waals surface area contributed by atoms with Crippen LogP contribution >= 0.6 is 11.6 Å². The molecule has 0 aromatic heterocycles. The van der Waals surface area contributed by atoms with Crippen molar-refractivity contribution in [2.45, 2.75) is 43.6 Å². The van der Waals surface area contributed by atoms with E-state index in [0.29, 0.717) is 19.1 Å². The van der Waals surface area contributed by atoms with Gasteiger partial charge in [-0.05, 0) is 43.4 Å². The van der Waals surface area contributed by atoms with Gasteiger partial charge in [0, 0.05) is 25.2 Å². The molecular weight excluding hydrogens is 369 g/mol. The van der Waals surface area contributed by atoms with E-state index in [1.165, 1.54) is 12.8 Å². The molecule has 1 amide bonds. The second-order valence-corrected chi connectivity index (χ2v) is 7.82. The van der Waals surface area contributed by atoms with E-state index in [9.17, 15) is 18.0 Å². The number of ether oxygens (including phenoxy) is 1. The van der Waals surface area contributed by atoms with E-state index in [-0.39, 0.29) is 28.8 Å². The van der Waals surface area contributed by atoms with Crippen LogP contribution in [0.25, 0.3) is 0 Å². The van der Waals surface area contributed by atoms with E-state index in [0.717, 1.165) is 31.2 Å². The number of carbonyl (C=O) groups excluding carboxylic acids is 1. The van der Waals surface area contributed by atoms with Gasteiger partial charge in [0.05, 0.1) is 28.9 Å². The second-order valence-electron chi connectivity index (χ2n) is 7.42. The van der Waals surface area contributed by atoms with Crippen LogP contribution in [-0.4, -0.2) is 48.7 Å². The molecule has 3 atom stereocenters. The normalized spacial score (nSPS) is 29.5. The lowest BCUT2D eigenvalue weighted by Crippen LogP contribution is -2.47. The molecule has 3 aliphatic rings. The van der Waals surface area contributed by atoms with Crippen LogP contribution in [0.2, 0.25) is 5.02 Å². The molecule has 26 heavy (non-hydrogen) atoms. The summed E-state index contributed by atoms with van der Waals surface area (Å²) in [5, 5.41) is 2.86. The lowest BCUT2D eigenvalue weighted by molar-refractivity contribution is -0.137. The third-order valence-electron chi connectivity index (χ3n) is 5.47. The molecule has 2 heterocycles. The van der Waals surface area contributed by atoms with Crippen LogP contribution < -0.4 is 5.32 Å². The number of hydrogen-bond donors (Lipinski definition) is 1. The lowest BCUT2D eigenvalue weighted by Gasteiger charge is -2.35. The molecule has 2 aliphatic heterocycles. The highest BCUT2D eigenvalue weighted by atomic mass is 35.5. The number of benzene rings is 1. The first-order valence-corrected chi connectivity index (χ1v) is 9.22. The number of fused-ring (bicyclic) bond motifs is 1. The van der Waals surface area contributed by atoms with Crippen molar-refractivity contribution in [3.63, 3.8) is 0 Å². The predicted octanol–water partition coefficient (Wildman–Crippen LogP) is 3.34. The van der Waals surface area contributed by atoms with Crippen molar-refractivity contribution in [3.05, 3.63) is 34.3 Å². The van der Waals surface area contributed by atoms with Gasteiger partial charge in [0.15, 0.2) is 0 Å². The maximum absolute atomic E-state index is 12.9. The third kappa shape index (κ3) is 3.70. The Bertz CT molecular complexity index is 708. The van der Waals surface area contributed by atoms with E-state index in [2.05, 4.69) is 10.2 Å². The van der Waals surface area contributed by atoms with Crippen molar-refractivity contribution in [1.82, 2.24) is 10.2 Å². The Kier molecular flexibility index (Phi) is 4.65. The minimum Gasteiger partial charge on any atom is -0.375 e. The molecule has 2 saturated heterocycles. The van der Waals surface area contributed by atoms with Gasteiger partial charge in [-0.3, -0.25) is 9.69 Å². The molecule has 0 bridgehead atoms. The fourth-order valence-corrected chi connectivity index (χ4v) is 4.10. The highest BCUT2D eigenvalue weighted by molar-refractivity contribution is 6.33. The molecule has 0 unspecified atom stereocenters. The lowest BCUT2D eigenvalue weighted by atomic mass is 10.1. The molecule has 3 fully saturated rings. The van der Waals surface area contributed by atoms with Crippen LogP contribution in [0, 0.1) is 5.92 Å². The maximum Gasteiger partial charge on any atom is 0.416 e. The van der Waals surface area contributed by atoms with Crippen LogP contribution in [-0.2, 0) is 10.9 Å². The molecular formula is C18H20ClF3N2O2. The minimum atomic E-state index is -4.51. The average molecular weight is 389 g/mol. The van der Waals surface area contributed by atoms with E-state index in [4.69, 9.17) is 16.3 Å². The summed E-state index contributed by atoms with van der Waals surface area (Å²) in [4.78, 5) is 14.8. The Morgan fingerprint density at radius 3 is 2.73 bits per heavy atom. The molecule has 1 saturated carbocycles. The largest absolute Gasteiger partial charge is 0.416 e. The number of amides is 1. The van der Waals surface area contributed by atoms with Crippen molar-refractivity contribution in [1.29, 1.82) is 0 Å². The van der Waals surface area contributed by atoms with Gasteiger partial charge in [-0.25, -0.2) is 0 Å². The fraction of sp³-hybridized carbons (Fsp3) is 0.611. The molecule has 1 aromatic carbocycles. The summed E-state index contributed by atoms with van der Waals surface area (Å²) in [6, 6.07) is 2.95. The predicted molar refractivity (Wildman–Crippen MR) is 90.2 cm³/mol. The smallest absolute Gasteiger partial charge is 0.375 e. The van der Waals surface area contributed by atoms with Gasteiger partial charge in [0.25, 0.3) is 5.91 Å². The van der Waals surface area contributed by atoms with Crippen LogP contribution in [0.1, 0.15) is 35.2 Å². The Morgan fingerprint density at radius 2 is 2.04 bits per heavy atom. The van der Waals surface area contributed by atoms with Crippen LogP contribution in [0.4, 0.5) is 13.2 Å². The highest BCUT2D eigenvalue weighted by Crippen LogP contribution is 2.38. The fourth-order valence-electron chi connectivity index (χ4n) is 3.90. The topological polar surface area (TPSA) is 41.6 Å². The number of rotatable bonds is 3. The number of carbonyl (C=O) groups is 1. The first kappa shape index (κ1) is 18.1. The Hall–Kier alpha value is -1.31. The van der Waals surface area contributed by atoms with Crippen molar-refractivity contribution >= 4 is 17.5 Å². The molecule has 1 aliphatic carbocycles. The Morgan fingerprint density at radius 1 is 1.27 bits per heavy atom. The zero-order chi connectivity index (χ0) is 18.5. The van der Waals surface area contributed by atoms with Crippen molar-refractivity contribution in [3.8, 4) is 0 Å². The SMILES string of the molecule is O=C(N[C@H]1C[C@H]2CO[C@@H](C3CC3)CN2C1)c1cc(C(F)(F)F)ccc1Cl. The first-order chi connectivity index (χ1) is 12.3. The van der Waals surface area contributed by atoms with E-state index < -0.39 is 17.6 Å². The molecule has 0 radical (unpaired) electrons. The number of hydrogen-bond acceptors (Lipinski definition) is 3. The maximum atomic E-state index is 12.9. The standard InChI is InChI=1S/C18H20ClF3N2O2/c19-15-4-3-11(18(20,21)22)5-14(15)17(25)23-12-6-13-9-26-16(10-1-2-10)8-24(13)7-12/h3-5,10,12-13,16H,1-2,6-9H2,(H,23,25)/t12-,13-,16+/m0/s1. The zero-order valence-corrected chi connectivity index (χ0v) is 14.8. The van der Waals surface area contributed by atoms with Gasteiger partial charge < -0.3 is 10.1 Å². The number of morpholine rings is 1. The van der Waals surface area contributed by atoms with E-state index in [1.807, 2.05) is 0 Å². The van der Waals surface area contributed by atoms with Gasteiger partial charge in [0.2, 0.25) is 0 Å². The van der Waals surface area contributed by atoms with Crippen LogP contribution in [0.5, 0.6) is 0 Å². The molecule has 1 aromatic rings. The second kappa shape index (κ2) is 6.69. The van der Waals surface area contributed by atoms with E-state index >= 15 is 0 Å². The molecule has 0 spiro atoms. The van der Waals surface area contributed by atoms with Crippen molar-refractivity contribution in [2.24, 2.45) is 5.92 Å². The Labute approximate surface area is 154 Å². The van der Waals surface area contributed by atoms with Crippen LogP contribution in [0.15, 0.2) is 18.2 Å². The molecule has 8 heteroatoms. The summed E-state index contributed by atoms with van der Waals surface area (Å²) in [6.45, 7) is 2.21. The van der Waals surface area contributed by atoms with Gasteiger partial charge in [0.1, 0.15) is 0 Å². The summed E-state index contributed by atoms with van der Waals surface area (Å²) in [6.07, 6.45) is -1.06. The molecule has 1 N–H and O–H groups in total. The summed E-state index contributed by atoms with van der Waals surface area (Å²) in [7, 11) is 0. The zero-order valence-electron chi connectivity index (χ0n) is 14.1. The first-order valence-electron chi connectivity index (χ1n) is 8.84. The summed E-state index contributed by atoms with van der Waals surface area (Å²) in [5.41, 5.74) is -1.02. The number of alkyl halides is 3. The third-order valence-corrected chi connectivity index (χ3v) is 5.80. The minimum absolute atomic E-state index is 0.0170. The molecule has 142 valence electrons. The molecule has 4 nitrogen and oxygen atoms in total. The van der Waals surface area contributed by atoms with Crippen molar-refractivity contribution < 1.29 is 22.7 Å². The quantitative estimate of drug-likeness (QED) is 0.863. The number of nitrogens with one attached hydrogen (secondary N) is 1. The molecule has 4 rings (SSSR count).